The highest BCUT2D eigenvalue weighted by Crippen LogP contribution is 2.23. The van der Waals surface area contributed by atoms with Gasteiger partial charge in [0.25, 0.3) is 0 Å². The average Bonchev–Trinajstić information content (AvgIpc) is 2.80. The molecule has 1 fully saturated rings. The molecule has 0 saturated carbocycles. The van der Waals surface area contributed by atoms with E-state index in [2.05, 4.69) is 0 Å². The van der Waals surface area contributed by atoms with Crippen LogP contribution in [0.2, 0.25) is 0 Å². The van der Waals surface area contributed by atoms with E-state index in [4.69, 9.17) is 9.84 Å². The zero-order valence-corrected chi connectivity index (χ0v) is 10.7. The lowest BCUT2D eigenvalue weighted by atomic mass is 10.2. The minimum Gasteiger partial charge on any atom is -0.479 e. The average molecular weight is 290 g/mol. The topological polar surface area (TPSA) is 63.6 Å². The van der Waals surface area contributed by atoms with E-state index < -0.39 is 40.6 Å². The van der Waals surface area contributed by atoms with Crippen LogP contribution in [-0.2, 0) is 20.3 Å². The molecule has 0 amide bonds. The predicted molar refractivity (Wildman–Crippen MR) is 63.2 cm³/mol. The first kappa shape index (κ1) is 14.1. The van der Waals surface area contributed by atoms with E-state index in [1.165, 1.54) is 0 Å². The normalized spacial score (nSPS) is 24.3. The van der Waals surface area contributed by atoms with Crippen LogP contribution in [0.25, 0.3) is 0 Å². The van der Waals surface area contributed by atoms with Gasteiger partial charge in [-0.3, -0.25) is 4.21 Å². The largest absolute Gasteiger partial charge is 0.479 e. The summed E-state index contributed by atoms with van der Waals surface area (Å²) >= 11 is 0. The summed E-state index contributed by atoms with van der Waals surface area (Å²) in [4.78, 5) is 10.5. The van der Waals surface area contributed by atoms with Crippen molar-refractivity contribution >= 4 is 16.8 Å². The molecular formula is C12H12F2O4S. The lowest BCUT2D eigenvalue weighted by Crippen LogP contribution is -2.23. The second kappa shape index (κ2) is 5.75. The van der Waals surface area contributed by atoms with E-state index in [0.717, 1.165) is 18.2 Å². The number of carbonyl (C=O) groups is 1. The first-order valence-electron chi connectivity index (χ1n) is 5.69. The van der Waals surface area contributed by atoms with Crippen LogP contribution in [0.15, 0.2) is 23.1 Å². The Hall–Kier alpha value is -1.34. The van der Waals surface area contributed by atoms with Gasteiger partial charge in [-0.1, -0.05) is 0 Å². The Balaban J connectivity index is 2.02. The maximum Gasteiger partial charge on any atom is 0.332 e. The SMILES string of the molecule is O=C(O)C1CCC(CS(=O)c2cc(F)ccc2F)O1. The molecule has 0 aliphatic carbocycles. The summed E-state index contributed by atoms with van der Waals surface area (Å²) in [5.41, 5.74) is 0. The molecule has 1 aliphatic rings. The number of carboxylic acid groups (broad SMARTS) is 1. The minimum absolute atomic E-state index is 0.0375. The summed E-state index contributed by atoms with van der Waals surface area (Å²) in [6.45, 7) is 0. The second-order valence-electron chi connectivity index (χ2n) is 4.25. The van der Waals surface area contributed by atoms with Crippen LogP contribution in [0.3, 0.4) is 0 Å². The molecule has 0 spiro atoms. The molecule has 1 aromatic rings. The lowest BCUT2D eigenvalue weighted by Gasteiger charge is -2.11. The molecule has 1 aliphatic heterocycles. The number of benzene rings is 1. The zero-order valence-electron chi connectivity index (χ0n) is 9.84. The van der Waals surface area contributed by atoms with E-state index in [9.17, 15) is 17.8 Å². The van der Waals surface area contributed by atoms with Crippen LogP contribution in [-0.4, -0.2) is 33.2 Å². The second-order valence-corrected chi connectivity index (χ2v) is 5.71. The summed E-state index contributed by atoms with van der Waals surface area (Å²) in [6, 6.07) is 2.75. The third-order valence-corrected chi connectivity index (χ3v) is 4.34. The molecule has 19 heavy (non-hydrogen) atoms. The Morgan fingerprint density at radius 3 is 2.79 bits per heavy atom. The highest BCUT2D eigenvalue weighted by Gasteiger charge is 2.32. The zero-order chi connectivity index (χ0) is 14.0. The van der Waals surface area contributed by atoms with Crippen LogP contribution >= 0.6 is 0 Å². The van der Waals surface area contributed by atoms with E-state index in [1.807, 2.05) is 0 Å². The molecule has 2 rings (SSSR count). The molecular weight excluding hydrogens is 278 g/mol. The maximum atomic E-state index is 13.4. The summed E-state index contributed by atoms with van der Waals surface area (Å²) in [6.07, 6.45) is -0.633. The molecule has 3 unspecified atom stereocenters. The van der Waals surface area contributed by atoms with Crippen molar-refractivity contribution in [3.63, 3.8) is 0 Å². The number of hydrogen-bond acceptors (Lipinski definition) is 3. The fourth-order valence-corrected chi connectivity index (χ4v) is 3.21. The third-order valence-electron chi connectivity index (χ3n) is 2.86. The molecule has 1 heterocycles. The number of hydrogen-bond donors (Lipinski definition) is 1. The highest BCUT2D eigenvalue weighted by atomic mass is 32.2. The van der Waals surface area contributed by atoms with Crippen molar-refractivity contribution in [2.24, 2.45) is 0 Å². The van der Waals surface area contributed by atoms with Crippen molar-refractivity contribution in [1.82, 2.24) is 0 Å². The van der Waals surface area contributed by atoms with Crippen LogP contribution in [0, 0.1) is 11.6 Å². The Morgan fingerprint density at radius 1 is 1.42 bits per heavy atom. The fraction of sp³-hybridized carbons (Fsp3) is 0.417. The van der Waals surface area contributed by atoms with Crippen LogP contribution in [0.4, 0.5) is 8.78 Å². The van der Waals surface area contributed by atoms with Crippen molar-refractivity contribution in [2.75, 3.05) is 5.75 Å². The van der Waals surface area contributed by atoms with E-state index in [0.29, 0.717) is 12.8 Å². The first-order chi connectivity index (χ1) is 8.97. The Bertz CT molecular complexity index is 520. The van der Waals surface area contributed by atoms with Crippen molar-refractivity contribution in [3.8, 4) is 0 Å². The van der Waals surface area contributed by atoms with Crippen LogP contribution in [0.1, 0.15) is 12.8 Å². The molecule has 3 atom stereocenters. The number of aliphatic carboxylic acids is 1. The summed E-state index contributed by atoms with van der Waals surface area (Å²) in [5, 5.41) is 8.75. The standard InChI is InChI=1S/C12H12F2O4S/c13-7-1-3-9(14)11(5-7)19(17)6-8-2-4-10(18-8)12(15)16/h1,3,5,8,10H,2,4,6H2,(H,15,16). The number of ether oxygens (including phenoxy) is 1. The van der Waals surface area contributed by atoms with Crippen molar-refractivity contribution in [2.45, 2.75) is 29.9 Å². The summed E-state index contributed by atoms with van der Waals surface area (Å²) < 4.78 is 43.5. The van der Waals surface area contributed by atoms with Gasteiger partial charge in [0.05, 0.1) is 27.6 Å². The monoisotopic (exact) mass is 290 g/mol. The lowest BCUT2D eigenvalue weighted by molar-refractivity contribution is -0.148. The fourth-order valence-electron chi connectivity index (χ4n) is 1.92. The molecule has 7 heteroatoms. The quantitative estimate of drug-likeness (QED) is 0.917. The van der Waals surface area contributed by atoms with Gasteiger partial charge in [-0.25, -0.2) is 13.6 Å². The van der Waals surface area contributed by atoms with Gasteiger partial charge in [-0.15, -0.1) is 0 Å². The van der Waals surface area contributed by atoms with Gasteiger partial charge in [0.15, 0.2) is 6.10 Å². The molecule has 4 nitrogen and oxygen atoms in total. The molecule has 1 saturated heterocycles. The van der Waals surface area contributed by atoms with Gasteiger partial charge in [0.1, 0.15) is 11.6 Å². The summed E-state index contributed by atoms with van der Waals surface area (Å²) in [7, 11) is -1.76. The number of carboxylic acids is 1. The number of rotatable bonds is 4. The maximum absolute atomic E-state index is 13.4. The highest BCUT2D eigenvalue weighted by molar-refractivity contribution is 7.85. The van der Waals surface area contributed by atoms with E-state index >= 15 is 0 Å². The van der Waals surface area contributed by atoms with Gasteiger partial charge in [0, 0.05) is 0 Å². The Kier molecular flexibility index (Phi) is 4.26. The van der Waals surface area contributed by atoms with Crippen LogP contribution < -0.4 is 0 Å². The summed E-state index contributed by atoms with van der Waals surface area (Å²) in [5.74, 6) is -2.51. The van der Waals surface area contributed by atoms with Crippen LogP contribution in [0.5, 0.6) is 0 Å². The third kappa shape index (κ3) is 3.36. The predicted octanol–water partition coefficient (Wildman–Crippen LogP) is 1.70. The molecule has 104 valence electrons. The van der Waals surface area contributed by atoms with Gasteiger partial charge < -0.3 is 9.84 Å². The molecule has 1 N–H and O–H groups in total. The van der Waals surface area contributed by atoms with E-state index in [-0.39, 0.29) is 10.6 Å². The first-order valence-corrected chi connectivity index (χ1v) is 7.01. The Morgan fingerprint density at radius 2 is 2.16 bits per heavy atom. The van der Waals surface area contributed by atoms with Crippen molar-refractivity contribution < 1.29 is 27.6 Å². The molecule has 0 bridgehead atoms. The molecule has 1 aromatic carbocycles. The van der Waals surface area contributed by atoms with Crippen molar-refractivity contribution in [1.29, 1.82) is 0 Å². The number of halogens is 2. The van der Waals surface area contributed by atoms with Gasteiger partial charge in [-0.2, -0.15) is 0 Å². The smallest absolute Gasteiger partial charge is 0.332 e. The Labute approximate surface area is 110 Å². The van der Waals surface area contributed by atoms with Gasteiger partial charge in [-0.05, 0) is 31.0 Å². The molecule has 0 radical (unpaired) electrons. The van der Waals surface area contributed by atoms with Gasteiger partial charge >= 0.3 is 5.97 Å². The van der Waals surface area contributed by atoms with Crippen molar-refractivity contribution in [3.05, 3.63) is 29.8 Å². The minimum atomic E-state index is -1.76. The van der Waals surface area contributed by atoms with Gasteiger partial charge in [0.2, 0.25) is 0 Å². The van der Waals surface area contributed by atoms with E-state index in [1.54, 1.807) is 0 Å². The molecule has 0 aromatic heterocycles.